The van der Waals surface area contributed by atoms with E-state index in [1.54, 1.807) is 0 Å². The summed E-state index contributed by atoms with van der Waals surface area (Å²) >= 11 is 0. The van der Waals surface area contributed by atoms with E-state index in [0.29, 0.717) is 5.92 Å². The average Bonchev–Trinajstić information content (AvgIpc) is 2.81. The maximum atomic E-state index is 9.98. The summed E-state index contributed by atoms with van der Waals surface area (Å²) < 4.78 is 0. The van der Waals surface area contributed by atoms with E-state index in [1.807, 2.05) is 18.2 Å². The highest BCUT2D eigenvalue weighted by Crippen LogP contribution is 2.29. The second-order valence-corrected chi connectivity index (χ2v) is 5.51. The molecule has 0 aromatic heterocycles. The van der Waals surface area contributed by atoms with Gasteiger partial charge in [0.2, 0.25) is 0 Å². The lowest BCUT2D eigenvalue weighted by Gasteiger charge is -2.16. The normalized spacial score (nSPS) is 25.2. The third-order valence-corrected chi connectivity index (χ3v) is 4.10. The molecule has 1 aliphatic carbocycles. The maximum absolute atomic E-state index is 9.98. The van der Waals surface area contributed by atoms with E-state index in [0.717, 1.165) is 44.9 Å². The quantitative estimate of drug-likeness (QED) is 0.812. The van der Waals surface area contributed by atoms with Crippen molar-refractivity contribution in [3.05, 3.63) is 35.9 Å². The van der Waals surface area contributed by atoms with Gasteiger partial charge >= 0.3 is 0 Å². The summed E-state index contributed by atoms with van der Waals surface area (Å²) in [4.78, 5) is 0. The van der Waals surface area contributed by atoms with Gasteiger partial charge in [0.1, 0.15) is 0 Å². The van der Waals surface area contributed by atoms with Crippen molar-refractivity contribution in [3.8, 4) is 0 Å². The van der Waals surface area contributed by atoms with Crippen molar-refractivity contribution in [2.75, 3.05) is 0 Å². The lowest BCUT2D eigenvalue weighted by Crippen LogP contribution is -2.16. The minimum atomic E-state index is -0.224. The molecular formula is C16H24O2. The first-order chi connectivity index (χ1) is 8.75. The number of hydrogen-bond acceptors (Lipinski definition) is 2. The van der Waals surface area contributed by atoms with Gasteiger partial charge in [0.15, 0.2) is 0 Å². The molecule has 3 atom stereocenters. The van der Waals surface area contributed by atoms with Crippen molar-refractivity contribution < 1.29 is 10.2 Å². The van der Waals surface area contributed by atoms with Gasteiger partial charge in [-0.05, 0) is 50.0 Å². The molecule has 0 radical (unpaired) electrons. The van der Waals surface area contributed by atoms with Gasteiger partial charge in [-0.1, -0.05) is 36.8 Å². The maximum Gasteiger partial charge on any atom is 0.0568 e. The summed E-state index contributed by atoms with van der Waals surface area (Å²) in [5.74, 6) is 0.427. The van der Waals surface area contributed by atoms with Crippen LogP contribution in [0.5, 0.6) is 0 Å². The fraction of sp³-hybridized carbons (Fsp3) is 0.625. The van der Waals surface area contributed by atoms with Crippen molar-refractivity contribution in [2.24, 2.45) is 5.92 Å². The SMILES string of the molecule is O[C@@H](CCc1ccccc1)CCC1CCC[C@H]1O. The number of aliphatic hydroxyl groups is 2. The van der Waals surface area contributed by atoms with Crippen LogP contribution in [0.15, 0.2) is 30.3 Å². The second-order valence-electron chi connectivity index (χ2n) is 5.51. The molecule has 1 unspecified atom stereocenters. The van der Waals surface area contributed by atoms with Gasteiger partial charge in [0.25, 0.3) is 0 Å². The minimum absolute atomic E-state index is 0.119. The molecule has 1 aliphatic rings. The molecule has 2 nitrogen and oxygen atoms in total. The van der Waals surface area contributed by atoms with Crippen LogP contribution in [-0.4, -0.2) is 22.4 Å². The van der Waals surface area contributed by atoms with Crippen LogP contribution in [0.25, 0.3) is 0 Å². The van der Waals surface area contributed by atoms with Crippen LogP contribution in [0.2, 0.25) is 0 Å². The van der Waals surface area contributed by atoms with Crippen molar-refractivity contribution in [1.82, 2.24) is 0 Å². The van der Waals surface area contributed by atoms with E-state index in [-0.39, 0.29) is 12.2 Å². The van der Waals surface area contributed by atoms with Crippen LogP contribution < -0.4 is 0 Å². The molecule has 0 bridgehead atoms. The lowest BCUT2D eigenvalue weighted by molar-refractivity contribution is 0.102. The van der Waals surface area contributed by atoms with Gasteiger partial charge < -0.3 is 10.2 Å². The molecule has 2 N–H and O–H groups in total. The molecule has 2 rings (SSSR count). The number of rotatable bonds is 6. The van der Waals surface area contributed by atoms with Gasteiger partial charge in [-0.3, -0.25) is 0 Å². The molecule has 0 amide bonds. The molecule has 1 saturated carbocycles. The van der Waals surface area contributed by atoms with Gasteiger partial charge in [-0.25, -0.2) is 0 Å². The van der Waals surface area contributed by atoms with Gasteiger partial charge in [0.05, 0.1) is 12.2 Å². The molecule has 0 spiro atoms. The first kappa shape index (κ1) is 13.6. The summed E-state index contributed by atoms with van der Waals surface area (Å²) in [7, 11) is 0. The Morgan fingerprint density at radius 2 is 1.89 bits per heavy atom. The van der Waals surface area contributed by atoms with Crippen molar-refractivity contribution >= 4 is 0 Å². The van der Waals surface area contributed by atoms with Crippen LogP contribution in [0.4, 0.5) is 0 Å². The van der Waals surface area contributed by atoms with Crippen molar-refractivity contribution in [2.45, 2.75) is 57.2 Å². The predicted molar refractivity (Wildman–Crippen MR) is 73.4 cm³/mol. The van der Waals surface area contributed by atoms with Gasteiger partial charge in [0, 0.05) is 0 Å². The summed E-state index contributed by atoms with van der Waals surface area (Å²) in [6.45, 7) is 0. The summed E-state index contributed by atoms with van der Waals surface area (Å²) in [6.07, 6.45) is 6.45. The third kappa shape index (κ3) is 4.11. The molecule has 0 aliphatic heterocycles. The van der Waals surface area contributed by atoms with Crippen LogP contribution in [0, 0.1) is 5.92 Å². The number of aliphatic hydroxyl groups excluding tert-OH is 2. The Balaban J connectivity index is 1.64. The third-order valence-electron chi connectivity index (χ3n) is 4.10. The Morgan fingerprint density at radius 3 is 2.56 bits per heavy atom. The fourth-order valence-corrected chi connectivity index (χ4v) is 2.88. The Bertz CT molecular complexity index is 336. The highest BCUT2D eigenvalue weighted by atomic mass is 16.3. The zero-order chi connectivity index (χ0) is 12.8. The van der Waals surface area contributed by atoms with E-state index in [1.165, 1.54) is 5.56 Å². The van der Waals surface area contributed by atoms with E-state index in [2.05, 4.69) is 12.1 Å². The molecule has 18 heavy (non-hydrogen) atoms. The molecular weight excluding hydrogens is 224 g/mol. The van der Waals surface area contributed by atoms with E-state index < -0.39 is 0 Å². The molecule has 2 heteroatoms. The molecule has 1 aromatic carbocycles. The lowest BCUT2D eigenvalue weighted by atomic mass is 9.95. The molecule has 100 valence electrons. The Morgan fingerprint density at radius 1 is 1.11 bits per heavy atom. The topological polar surface area (TPSA) is 40.5 Å². The zero-order valence-corrected chi connectivity index (χ0v) is 11.0. The van der Waals surface area contributed by atoms with Crippen molar-refractivity contribution in [3.63, 3.8) is 0 Å². The standard InChI is InChI=1S/C16H24O2/c17-15(11-9-13-5-2-1-3-6-13)12-10-14-7-4-8-16(14)18/h1-3,5-6,14-18H,4,7-12H2/t14?,15-,16+/m0/s1. The Labute approximate surface area is 110 Å². The molecule has 0 heterocycles. The van der Waals surface area contributed by atoms with Crippen LogP contribution >= 0.6 is 0 Å². The molecule has 0 saturated heterocycles. The van der Waals surface area contributed by atoms with Crippen molar-refractivity contribution in [1.29, 1.82) is 0 Å². The molecule has 1 fully saturated rings. The van der Waals surface area contributed by atoms with Gasteiger partial charge in [-0.15, -0.1) is 0 Å². The largest absolute Gasteiger partial charge is 0.393 e. The monoisotopic (exact) mass is 248 g/mol. The fourth-order valence-electron chi connectivity index (χ4n) is 2.88. The number of hydrogen-bond donors (Lipinski definition) is 2. The minimum Gasteiger partial charge on any atom is -0.393 e. The predicted octanol–water partition coefficient (Wildman–Crippen LogP) is 2.92. The van der Waals surface area contributed by atoms with Gasteiger partial charge in [-0.2, -0.15) is 0 Å². The highest BCUT2D eigenvalue weighted by molar-refractivity contribution is 5.14. The first-order valence-electron chi connectivity index (χ1n) is 7.16. The summed E-state index contributed by atoms with van der Waals surface area (Å²) in [5, 5.41) is 19.7. The number of aryl methyl sites for hydroxylation is 1. The van der Waals surface area contributed by atoms with E-state index in [9.17, 15) is 10.2 Å². The summed E-state index contributed by atoms with van der Waals surface area (Å²) in [6, 6.07) is 10.3. The molecule has 1 aromatic rings. The second kappa shape index (κ2) is 6.91. The number of benzene rings is 1. The van der Waals surface area contributed by atoms with E-state index in [4.69, 9.17) is 0 Å². The average molecular weight is 248 g/mol. The Kier molecular flexibility index (Phi) is 5.21. The van der Waals surface area contributed by atoms with Crippen LogP contribution in [0.1, 0.15) is 44.1 Å². The highest BCUT2D eigenvalue weighted by Gasteiger charge is 2.25. The van der Waals surface area contributed by atoms with E-state index >= 15 is 0 Å². The smallest absolute Gasteiger partial charge is 0.0568 e. The zero-order valence-electron chi connectivity index (χ0n) is 11.0. The summed E-state index contributed by atoms with van der Waals surface area (Å²) in [5.41, 5.74) is 1.29. The van der Waals surface area contributed by atoms with Crippen LogP contribution in [-0.2, 0) is 6.42 Å². The first-order valence-corrected chi connectivity index (χ1v) is 7.16. The van der Waals surface area contributed by atoms with Crippen LogP contribution in [0.3, 0.4) is 0 Å². The Hall–Kier alpha value is -0.860.